The molecule has 2 aromatic rings. The summed E-state index contributed by atoms with van der Waals surface area (Å²) in [5, 5.41) is 2.90. The highest BCUT2D eigenvalue weighted by Gasteiger charge is 2.34. The number of anilines is 2. The molecule has 2 aliphatic heterocycles. The lowest BCUT2D eigenvalue weighted by molar-refractivity contribution is -0.116. The van der Waals surface area contributed by atoms with Crippen molar-refractivity contribution in [3.05, 3.63) is 59.7 Å². The van der Waals surface area contributed by atoms with E-state index in [2.05, 4.69) is 10.2 Å². The van der Waals surface area contributed by atoms with Gasteiger partial charge < -0.3 is 15.0 Å². The number of amides is 3. The van der Waals surface area contributed by atoms with Gasteiger partial charge in [0.25, 0.3) is 11.8 Å². The summed E-state index contributed by atoms with van der Waals surface area (Å²) < 4.78 is 5.37. The van der Waals surface area contributed by atoms with Gasteiger partial charge in [-0.3, -0.25) is 19.3 Å². The summed E-state index contributed by atoms with van der Waals surface area (Å²) in [6.07, 6.45) is 0.648. The fourth-order valence-electron chi connectivity index (χ4n) is 3.67. The van der Waals surface area contributed by atoms with Crippen molar-refractivity contribution in [3.63, 3.8) is 0 Å². The summed E-state index contributed by atoms with van der Waals surface area (Å²) >= 11 is 0. The Morgan fingerprint density at radius 3 is 2.34 bits per heavy atom. The second-order valence-electron chi connectivity index (χ2n) is 7.11. The fraction of sp³-hybridized carbons (Fsp3) is 0.318. The quantitative estimate of drug-likeness (QED) is 0.763. The molecule has 0 atom stereocenters. The Morgan fingerprint density at radius 2 is 1.66 bits per heavy atom. The minimum Gasteiger partial charge on any atom is -0.378 e. The monoisotopic (exact) mass is 393 g/mol. The summed E-state index contributed by atoms with van der Waals surface area (Å²) in [5.74, 6) is -0.714. The lowest BCUT2D eigenvalue weighted by Gasteiger charge is -2.29. The van der Waals surface area contributed by atoms with Gasteiger partial charge in [-0.15, -0.1) is 0 Å². The van der Waals surface area contributed by atoms with E-state index in [0.29, 0.717) is 30.8 Å². The molecule has 7 heteroatoms. The molecule has 0 saturated carbocycles. The second kappa shape index (κ2) is 8.45. The number of benzene rings is 2. The average Bonchev–Trinajstić information content (AvgIpc) is 3.00. The molecule has 4 rings (SSSR count). The zero-order valence-corrected chi connectivity index (χ0v) is 16.1. The first-order valence-electron chi connectivity index (χ1n) is 9.81. The van der Waals surface area contributed by atoms with Gasteiger partial charge in [0.2, 0.25) is 5.91 Å². The summed E-state index contributed by atoms with van der Waals surface area (Å²) in [4.78, 5) is 40.5. The van der Waals surface area contributed by atoms with Crippen LogP contribution in [0.4, 0.5) is 11.4 Å². The number of rotatable bonds is 6. The molecular weight excluding hydrogens is 370 g/mol. The zero-order valence-electron chi connectivity index (χ0n) is 16.1. The molecule has 0 radical (unpaired) electrons. The van der Waals surface area contributed by atoms with Gasteiger partial charge in [0.05, 0.1) is 24.3 Å². The lowest BCUT2D eigenvalue weighted by atomic mass is 10.1. The Bertz CT molecular complexity index is 902. The van der Waals surface area contributed by atoms with Crippen LogP contribution >= 0.6 is 0 Å². The molecule has 2 aliphatic rings. The van der Waals surface area contributed by atoms with Gasteiger partial charge in [-0.1, -0.05) is 18.2 Å². The summed E-state index contributed by atoms with van der Waals surface area (Å²) in [5.41, 5.74) is 2.65. The van der Waals surface area contributed by atoms with E-state index in [1.54, 1.807) is 24.3 Å². The molecule has 3 amide bonds. The molecule has 0 aromatic heterocycles. The molecule has 0 aliphatic carbocycles. The van der Waals surface area contributed by atoms with Crippen molar-refractivity contribution in [1.82, 2.24) is 4.90 Å². The van der Waals surface area contributed by atoms with Crippen molar-refractivity contribution in [3.8, 4) is 0 Å². The van der Waals surface area contributed by atoms with Crippen LogP contribution in [-0.2, 0) is 9.53 Å². The largest absolute Gasteiger partial charge is 0.378 e. The molecule has 7 nitrogen and oxygen atoms in total. The average molecular weight is 393 g/mol. The molecule has 1 N–H and O–H groups in total. The predicted molar refractivity (Wildman–Crippen MR) is 109 cm³/mol. The molecule has 2 aromatic carbocycles. The van der Waals surface area contributed by atoms with Gasteiger partial charge >= 0.3 is 0 Å². The Labute approximate surface area is 169 Å². The normalized spacial score (nSPS) is 16.1. The first kappa shape index (κ1) is 19.1. The van der Waals surface area contributed by atoms with Crippen LogP contribution in [0.3, 0.4) is 0 Å². The van der Waals surface area contributed by atoms with Gasteiger partial charge in [0, 0.05) is 37.4 Å². The smallest absolute Gasteiger partial charge is 0.261 e. The molecular formula is C22H23N3O4. The number of hydrogen-bond acceptors (Lipinski definition) is 5. The van der Waals surface area contributed by atoms with Crippen LogP contribution in [0.15, 0.2) is 48.5 Å². The van der Waals surface area contributed by atoms with Crippen LogP contribution in [0.5, 0.6) is 0 Å². The van der Waals surface area contributed by atoms with Crippen molar-refractivity contribution in [2.24, 2.45) is 0 Å². The number of carbonyl (C=O) groups is 3. The van der Waals surface area contributed by atoms with Gasteiger partial charge in [0.1, 0.15) is 0 Å². The maximum absolute atomic E-state index is 12.4. The van der Waals surface area contributed by atoms with E-state index in [-0.39, 0.29) is 30.7 Å². The van der Waals surface area contributed by atoms with Crippen LogP contribution in [-0.4, -0.2) is 55.5 Å². The maximum Gasteiger partial charge on any atom is 0.261 e. The van der Waals surface area contributed by atoms with Gasteiger partial charge in [0.15, 0.2) is 0 Å². The third-order valence-corrected chi connectivity index (χ3v) is 5.17. The summed E-state index contributed by atoms with van der Waals surface area (Å²) in [6, 6.07) is 14.5. The van der Waals surface area contributed by atoms with Gasteiger partial charge in [-0.25, -0.2) is 0 Å². The Balaban J connectivity index is 1.29. The topological polar surface area (TPSA) is 79.0 Å². The number of nitrogens with one attached hydrogen (secondary N) is 1. The fourth-order valence-corrected chi connectivity index (χ4v) is 3.67. The van der Waals surface area contributed by atoms with Crippen LogP contribution in [0.2, 0.25) is 0 Å². The number of ether oxygens (including phenoxy) is 1. The summed E-state index contributed by atoms with van der Waals surface area (Å²) in [7, 11) is 0. The number of imide groups is 1. The third-order valence-electron chi connectivity index (χ3n) is 5.17. The van der Waals surface area contributed by atoms with E-state index in [1.807, 2.05) is 24.3 Å². The molecule has 1 saturated heterocycles. The molecule has 1 fully saturated rings. The highest BCUT2D eigenvalue weighted by Crippen LogP contribution is 2.23. The Morgan fingerprint density at radius 1 is 0.966 bits per heavy atom. The molecule has 0 spiro atoms. The number of nitrogens with zero attached hydrogens (tertiary/aromatic N) is 2. The number of carbonyl (C=O) groups excluding carboxylic acids is 3. The van der Waals surface area contributed by atoms with Crippen molar-refractivity contribution in [1.29, 1.82) is 0 Å². The Kier molecular flexibility index (Phi) is 5.57. The molecule has 29 heavy (non-hydrogen) atoms. The van der Waals surface area contributed by atoms with Crippen molar-refractivity contribution < 1.29 is 19.1 Å². The Hall–Kier alpha value is -3.19. The molecule has 150 valence electrons. The molecule has 0 unspecified atom stereocenters. The highest BCUT2D eigenvalue weighted by atomic mass is 16.5. The predicted octanol–water partition coefficient (Wildman–Crippen LogP) is 2.54. The second-order valence-corrected chi connectivity index (χ2v) is 7.11. The van der Waals surface area contributed by atoms with E-state index in [4.69, 9.17) is 4.74 Å². The van der Waals surface area contributed by atoms with Crippen molar-refractivity contribution in [2.45, 2.75) is 12.8 Å². The first-order chi connectivity index (χ1) is 14.1. The van der Waals surface area contributed by atoms with Gasteiger partial charge in [-0.2, -0.15) is 0 Å². The van der Waals surface area contributed by atoms with Gasteiger partial charge in [-0.05, 0) is 36.8 Å². The van der Waals surface area contributed by atoms with E-state index in [0.717, 1.165) is 24.5 Å². The van der Waals surface area contributed by atoms with Crippen LogP contribution < -0.4 is 10.2 Å². The minimum atomic E-state index is -0.288. The van der Waals surface area contributed by atoms with E-state index >= 15 is 0 Å². The standard InChI is InChI=1S/C22H23N3O4/c26-20(23-16-5-3-6-17(15-16)24-11-13-29-14-12-24)9-4-10-25-21(27)18-7-1-2-8-19(18)22(25)28/h1-3,5-8,15H,4,9-14H2,(H,23,26). The highest BCUT2D eigenvalue weighted by molar-refractivity contribution is 6.21. The van der Waals surface area contributed by atoms with E-state index < -0.39 is 0 Å². The number of morpholine rings is 1. The van der Waals surface area contributed by atoms with Crippen LogP contribution in [0.1, 0.15) is 33.6 Å². The van der Waals surface area contributed by atoms with E-state index in [1.165, 1.54) is 4.90 Å². The van der Waals surface area contributed by atoms with Crippen molar-refractivity contribution in [2.75, 3.05) is 43.1 Å². The lowest BCUT2D eigenvalue weighted by Crippen LogP contribution is -2.36. The number of hydrogen-bond donors (Lipinski definition) is 1. The molecule has 0 bridgehead atoms. The molecule has 2 heterocycles. The first-order valence-corrected chi connectivity index (χ1v) is 9.81. The van der Waals surface area contributed by atoms with Crippen molar-refractivity contribution >= 4 is 29.1 Å². The SMILES string of the molecule is O=C(CCCN1C(=O)c2ccccc2C1=O)Nc1cccc(N2CCOCC2)c1. The minimum absolute atomic E-state index is 0.138. The summed E-state index contributed by atoms with van der Waals surface area (Å²) in [6.45, 7) is 3.30. The van der Waals surface area contributed by atoms with Crippen LogP contribution in [0, 0.1) is 0 Å². The number of fused-ring (bicyclic) bond motifs is 1. The van der Waals surface area contributed by atoms with Crippen LogP contribution in [0.25, 0.3) is 0 Å². The zero-order chi connectivity index (χ0) is 20.2. The third kappa shape index (κ3) is 4.14. The van der Waals surface area contributed by atoms with E-state index in [9.17, 15) is 14.4 Å². The maximum atomic E-state index is 12.4.